The van der Waals surface area contributed by atoms with Crippen molar-refractivity contribution in [3.8, 4) is 0 Å². The van der Waals surface area contributed by atoms with Gasteiger partial charge in [0.15, 0.2) is 0 Å². The van der Waals surface area contributed by atoms with E-state index in [-0.39, 0.29) is 18.5 Å². The van der Waals surface area contributed by atoms with Crippen LogP contribution in [-0.4, -0.2) is 12.1 Å². The second kappa shape index (κ2) is 6.34. The van der Waals surface area contributed by atoms with Crippen LogP contribution < -0.4 is 5.32 Å². The Kier molecular flexibility index (Phi) is 4.91. The Hall–Kier alpha value is -1.11. The van der Waals surface area contributed by atoms with Gasteiger partial charge in [0.25, 0.3) is 0 Å². The summed E-state index contributed by atoms with van der Waals surface area (Å²) in [6, 6.07) is 3.99. The van der Waals surface area contributed by atoms with Crippen molar-refractivity contribution in [1.29, 1.82) is 0 Å². The maximum atomic E-state index is 13.6. The first-order chi connectivity index (χ1) is 9.79. The number of halogens is 5. The molecule has 1 N–H and O–H groups in total. The Bertz CT molecular complexity index is 532. The molecule has 7 heteroatoms. The number of amides is 1. The first-order valence-corrected chi connectivity index (χ1v) is 7.41. The quantitative estimate of drug-likeness (QED) is 0.740. The van der Waals surface area contributed by atoms with Gasteiger partial charge in [-0.25, -0.2) is 4.39 Å². The van der Waals surface area contributed by atoms with Crippen LogP contribution in [0.1, 0.15) is 25.7 Å². The highest BCUT2D eigenvalue weighted by Gasteiger charge is 2.48. The van der Waals surface area contributed by atoms with Crippen molar-refractivity contribution in [3.05, 3.63) is 28.5 Å². The predicted molar refractivity (Wildman–Crippen MR) is 74.2 cm³/mol. The van der Waals surface area contributed by atoms with Crippen molar-refractivity contribution in [2.75, 3.05) is 5.32 Å². The lowest BCUT2D eigenvalue weighted by Gasteiger charge is -2.32. The minimum atomic E-state index is -4.40. The fourth-order valence-corrected chi connectivity index (χ4v) is 2.99. The summed E-state index contributed by atoms with van der Waals surface area (Å²) in [5, 5.41) is 2.27. The zero-order chi connectivity index (χ0) is 15.6. The molecule has 2 rings (SSSR count). The number of benzene rings is 1. The highest BCUT2D eigenvalue weighted by Crippen LogP contribution is 2.42. The van der Waals surface area contributed by atoms with Crippen molar-refractivity contribution < 1.29 is 22.4 Å². The van der Waals surface area contributed by atoms with E-state index in [0.717, 1.165) is 6.07 Å². The standard InChI is InChI=1S/C14H14BrF4NO/c15-8-5-6-12(11(16)7-8)20-13(21)9-3-1-2-4-10(9)14(17,18)19/h5-7,9-10H,1-4H2,(H,20,21). The van der Waals surface area contributed by atoms with Crippen molar-refractivity contribution in [2.24, 2.45) is 11.8 Å². The van der Waals surface area contributed by atoms with Gasteiger partial charge in [-0.2, -0.15) is 13.2 Å². The molecule has 116 valence electrons. The molecule has 1 aliphatic carbocycles. The molecule has 0 spiro atoms. The Morgan fingerprint density at radius 2 is 1.90 bits per heavy atom. The molecule has 1 aromatic rings. The fraction of sp³-hybridized carbons (Fsp3) is 0.500. The highest BCUT2D eigenvalue weighted by molar-refractivity contribution is 9.10. The van der Waals surface area contributed by atoms with Gasteiger partial charge in [0.05, 0.1) is 11.6 Å². The summed E-state index contributed by atoms with van der Waals surface area (Å²) in [5.74, 6) is -4.25. The van der Waals surface area contributed by atoms with Gasteiger partial charge in [-0.3, -0.25) is 4.79 Å². The smallest absolute Gasteiger partial charge is 0.323 e. The Morgan fingerprint density at radius 1 is 1.24 bits per heavy atom. The lowest BCUT2D eigenvalue weighted by atomic mass is 9.78. The van der Waals surface area contributed by atoms with Crippen molar-refractivity contribution in [3.63, 3.8) is 0 Å². The van der Waals surface area contributed by atoms with Gasteiger partial charge < -0.3 is 5.32 Å². The maximum Gasteiger partial charge on any atom is 0.392 e. The summed E-state index contributed by atoms with van der Waals surface area (Å²) in [6.45, 7) is 0. The molecular formula is C14H14BrF4NO. The van der Waals surface area contributed by atoms with Crippen molar-refractivity contribution in [1.82, 2.24) is 0 Å². The molecule has 0 bridgehead atoms. The van der Waals surface area contributed by atoms with Crippen LogP contribution in [0.4, 0.5) is 23.2 Å². The molecule has 1 aromatic carbocycles. The molecule has 0 radical (unpaired) electrons. The van der Waals surface area contributed by atoms with Crippen LogP contribution in [0.2, 0.25) is 0 Å². The van der Waals surface area contributed by atoms with E-state index in [1.807, 2.05) is 0 Å². The molecule has 1 fully saturated rings. The summed E-state index contributed by atoms with van der Waals surface area (Å²) in [6.07, 6.45) is -3.24. The molecule has 0 saturated heterocycles. The van der Waals surface area contributed by atoms with Crippen LogP contribution >= 0.6 is 15.9 Å². The fourth-order valence-electron chi connectivity index (χ4n) is 2.65. The summed E-state index contributed by atoms with van der Waals surface area (Å²) in [7, 11) is 0. The molecule has 2 nitrogen and oxygen atoms in total. The van der Waals surface area contributed by atoms with Gasteiger partial charge in [0, 0.05) is 10.4 Å². The molecule has 2 unspecified atom stereocenters. The molecule has 1 amide bonds. The van der Waals surface area contributed by atoms with E-state index in [2.05, 4.69) is 21.2 Å². The van der Waals surface area contributed by atoms with Gasteiger partial charge in [0.1, 0.15) is 5.82 Å². The number of rotatable bonds is 2. The van der Waals surface area contributed by atoms with Crippen molar-refractivity contribution >= 4 is 27.5 Å². The second-order valence-corrected chi connectivity index (χ2v) is 6.07. The largest absolute Gasteiger partial charge is 0.392 e. The third kappa shape index (κ3) is 3.96. The van der Waals surface area contributed by atoms with E-state index < -0.39 is 29.7 Å². The van der Waals surface area contributed by atoms with E-state index in [0.29, 0.717) is 17.3 Å². The molecule has 1 aliphatic rings. The van der Waals surface area contributed by atoms with Gasteiger partial charge >= 0.3 is 6.18 Å². The minimum absolute atomic E-state index is 0.0512. The molecule has 0 aliphatic heterocycles. The Labute approximate surface area is 128 Å². The second-order valence-electron chi connectivity index (χ2n) is 5.15. The van der Waals surface area contributed by atoms with Crippen LogP contribution in [0.15, 0.2) is 22.7 Å². The molecular weight excluding hydrogens is 354 g/mol. The third-order valence-corrected chi connectivity index (χ3v) is 4.21. The van der Waals surface area contributed by atoms with Gasteiger partial charge in [-0.05, 0) is 31.0 Å². The van der Waals surface area contributed by atoms with E-state index in [9.17, 15) is 22.4 Å². The molecule has 0 heterocycles. The summed E-state index contributed by atoms with van der Waals surface area (Å²) >= 11 is 3.07. The average Bonchev–Trinajstić information content (AvgIpc) is 2.41. The normalized spacial score (nSPS) is 22.9. The Morgan fingerprint density at radius 3 is 2.52 bits per heavy atom. The predicted octanol–water partition coefficient (Wildman–Crippen LogP) is 4.90. The van der Waals surface area contributed by atoms with Gasteiger partial charge in [-0.1, -0.05) is 28.8 Å². The average molecular weight is 368 g/mol. The van der Waals surface area contributed by atoms with Gasteiger partial charge in [-0.15, -0.1) is 0 Å². The van der Waals surface area contributed by atoms with Gasteiger partial charge in [0.2, 0.25) is 5.91 Å². The monoisotopic (exact) mass is 367 g/mol. The first kappa shape index (κ1) is 16.3. The van der Waals surface area contributed by atoms with E-state index in [1.54, 1.807) is 0 Å². The van der Waals surface area contributed by atoms with E-state index in [1.165, 1.54) is 12.1 Å². The summed E-state index contributed by atoms with van der Waals surface area (Å²) in [5.41, 5.74) is -0.102. The topological polar surface area (TPSA) is 29.1 Å². The molecule has 0 aromatic heterocycles. The Balaban J connectivity index is 2.14. The zero-order valence-electron chi connectivity index (χ0n) is 11.0. The summed E-state index contributed by atoms with van der Waals surface area (Å²) in [4.78, 5) is 12.1. The number of anilines is 1. The molecule has 21 heavy (non-hydrogen) atoms. The lowest BCUT2D eigenvalue weighted by molar-refractivity contribution is -0.197. The third-order valence-electron chi connectivity index (χ3n) is 3.71. The van der Waals surface area contributed by atoms with Crippen LogP contribution in [0.5, 0.6) is 0 Å². The maximum absolute atomic E-state index is 13.6. The first-order valence-electron chi connectivity index (χ1n) is 6.61. The number of hydrogen-bond donors (Lipinski definition) is 1. The number of hydrogen-bond acceptors (Lipinski definition) is 1. The minimum Gasteiger partial charge on any atom is -0.323 e. The zero-order valence-corrected chi connectivity index (χ0v) is 12.6. The molecule has 1 saturated carbocycles. The van der Waals surface area contributed by atoms with E-state index >= 15 is 0 Å². The highest BCUT2D eigenvalue weighted by atomic mass is 79.9. The SMILES string of the molecule is O=C(Nc1ccc(Br)cc1F)C1CCCCC1C(F)(F)F. The number of carbonyl (C=O) groups excluding carboxylic acids is 1. The number of alkyl halides is 3. The van der Waals surface area contributed by atoms with Crippen LogP contribution in [0, 0.1) is 17.7 Å². The lowest BCUT2D eigenvalue weighted by Crippen LogP contribution is -2.39. The molecule has 2 atom stereocenters. The van der Waals surface area contributed by atoms with Crippen LogP contribution in [0.25, 0.3) is 0 Å². The van der Waals surface area contributed by atoms with Crippen molar-refractivity contribution in [2.45, 2.75) is 31.9 Å². The number of nitrogens with one attached hydrogen (secondary N) is 1. The number of carbonyl (C=O) groups is 1. The van der Waals surface area contributed by atoms with E-state index in [4.69, 9.17) is 0 Å². The van der Waals surface area contributed by atoms with Crippen LogP contribution in [0.3, 0.4) is 0 Å². The van der Waals surface area contributed by atoms with Crippen LogP contribution in [-0.2, 0) is 4.79 Å². The summed E-state index contributed by atoms with van der Waals surface area (Å²) < 4.78 is 53.0.